The van der Waals surface area contributed by atoms with Crippen molar-refractivity contribution in [1.82, 2.24) is 10.2 Å². The molecule has 35 heavy (non-hydrogen) atoms. The average molecular weight is 554 g/mol. The van der Waals surface area contributed by atoms with E-state index in [4.69, 9.17) is 0 Å². The Kier molecular flexibility index (Phi) is 10.4. The van der Waals surface area contributed by atoms with E-state index >= 15 is 0 Å². The summed E-state index contributed by atoms with van der Waals surface area (Å²) in [6.45, 7) is 6.44. The third-order valence-corrected chi connectivity index (χ3v) is 7.39. The van der Waals surface area contributed by atoms with E-state index in [2.05, 4.69) is 21.2 Å². The van der Waals surface area contributed by atoms with Gasteiger partial charge in [-0.2, -0.15) is 0 Å². The first-order valence-corrected chi connectivity index (χ1v) is 13.7. The van der Waals surface area contributed by atoms with Crippen molar-refractivity contribution < 1.29 is 9.59 Å². The van der Waals surface area contributed by atoms with Crippen LogP contribution in [0.4, 0.5) is 0 Å². The molecule has 0 aromatic heterocycles. The standard InChI is InChI=1S/C29H33BrN2O2S/c1-4-22(3)31-29(34)27(18-23-9-6-5-7-10-23)32(19-24-11-8-12-25(30)17-24)28(33)20-35-26-15-13-21(2)14-16-26/h5-17,22,27H,4,18-20H2,1-3H3,(H,31,34)/t22-,27-/m0/s1. The van der Waals surface area contributed by atoms with Gasteiger partial charge in [-0.25, -0.2) is 0 Å². The van der Waals surface area contributed by atoms with Crippen LogP contribution in [-0.4, -0.2) is 34.6 Å². The second kappa shape index (κ2) is 13.5. The van der Waals surface area contributed by atoms with E-state index < -0.39 is 6.04 Å². The second-order valence-corrected chi connectivity index (χ2v) is 10.7. The number of halogens is 1. The van der Waals surface area contributed by atoms with Crippen molar-refractivity contribution in [3.05, 3.63) is 100 Å². The number of benzene rings is 3. The fraction of sp³-hybridized carbons (Fsp3) is 0.310. The maximum absolute atomic E-state index is 13.7. The molecule has 3 rings (SSSR count). The maximum atomic E-state index is 13.7. The monoisotopic (exact) mass is 552 g/mol. The number of rotatable bonds is 11. The highest BCUT2D eigenvalue weighted by molar-refractivity contribution is 9.10. The van der Waals surface area contributed by atoms with Gasteiger partial charge in [0.1, 0.15) is 6.04 Å². The van der Waals surface area contributed by atoms with Crippen molar-refractivity contribution in [2.24, 2.45) is 0 Å². The van der Waals surface area contributed by atoms with E-state index in [-0.39, 0.29) is 23.6 Å². The summed E-state index contributed by atoms with van der Waals surface area (Å²) in [5.41, 5.74) is 3.18. The van der Waals surface area contributed by atoms with E-state index in [0.717, 1.165) is 26.9 Å². The lowest BCUT2D eigenvalue weighted by Crippen LogP contribution is -2.52. The van der Waals surface area contributed by atoms with Gasteiger partial charge in [0.05, 0.1) is 5.75 Å². The number of carbonyl (C=O) groups excluding carboxylic acids is 2. The summed E-state index contributed by atoms with van der Waals surface area (Å²) in [6, 6.07) is 25.4. The molecule has 3 aromatic rings. The van der Waals surface area contributed by atoms with Crippen LogP contribution in [0.25, 0.3) is 0 Å². The van der Waals surface area contributed by atoms with E-state index in [1.165, 1.54) is 17.3 Å². The highest BCUT2D eigenvalue weighted by atomic mass is 79.9. The zero-order valence-corrected chi connectivity index (χ0v) is 22.9. The topological polar surface area (TPSA) is 49.4 Å². The van der Waals surface area contributed by atoms with Crippen LogP contribution in [0, 0.1) is 6.92 Å². The van der Waals surface area contributed by atoms with Gasteiger partial charge in [0.2, 0.25) is 11.8 Å². The molecule has 4 nitrogen and oxygen atoms in total. The molecule has 0 aliphatic rings. The second-order valence-electron chi connectivity index (χ2n) is 8.78. The number of amides is 2. The Balaban J connectivity index is 1.90. The van der Waals surface area contributed by atoms with Crippen molar-refractivity contribution in [3.63, 3.8) is 0 Å². The lowest BCUT2D eigenvalue weighted by atomic mass is 10.0. The number of nitrogens with zero attached hydrogens (tertiary/aromatic N) is 1. The van der Waals surface area contributed by atoms with Crippen LogP contribution in [0.15, 0.2) is 88.2 Å². The molecule has 2 atom stereocenters. The van der Waals surface area contributed by atoms with E-state index in [9.17, 15) is 9.59 Å². The molecule has 1 N–H and O–H groups in total. The van der Waals surface area contributed by atoms with E-state index in [1.807, 2.05) is 99.6 Å². The fourth-order valence-corrected chi connectivity index (χ4v) is 4.92. The van der Waals surface area contributed by atoms with Gasteiger partial charge in [0.25, 0.3) is 0 Å². The highest BCUT2D eigenvalue weighted by Crippen LogP contribution is 2.22. The summed E-state index contributed by atoms with van der Waals surface area (Å²) in [4.78, 5) is 30.0. The Hall–Kier alpha value is -2.57. The van der Waals surface area contributed by atoms with Gasteiger partial charge >= 0.3 is 0 Å². The molecule has 0 saturated heterocycles. The van der Waals surface area contributed by atoms with Crippen LogP contribution in [0.3, 0.4) is 0 Å². The van der Waals surface area contributed by atoms with Crippen LogP contribution in [-0.2, 0) is 22.6 Å². The Morgan fingerprint density at radius 3 is 2.31 bits per heavy atom. The molecule has 0 radical (unpaired) electrons. The molecule has 184 valence electrons. The molecule has 0 aliphatic heterocycles. The average Bonchev–Trinajstić information content (AvgIpc) is 2.86. The van der Waals surface area contributed by atoms with Crippen LogP contribution < -0.4 is 5.32 Å². The maximum Gasteiger partial charge on any atom is 0.243 e. The molecule has 6 heteroatoms. The van der Waals surface area contributed by atoms with Crippen molar-refractivity contribution in [2.75, 3.05) is 5.75 Å². The van der Waals surface area contributed by atoms with Crippen molar-refractivity contribution in [3.8, 4) is 0 Å². The fourth-order valence-electron chi connectivity index (χ4n) is 3.69. The minimum Gasteiger partial charge on any atom is -0.352 e. The van der Waals surface area contributed by atoms with E-state index in [1.54, 1.807) is 4.90 Å². The van der Waals surface area contributed by atoms with Crippen LogP contribution in [0.1, 0.15) is 37.0 Å². The number of carbonyl (C=O) groups is 2. The molecule has 0 fully saturated rings. The molecular formula is C29H33BrN2O2S. The molecule has 0 heterocycles. The first kappa shape index (κ1) is 27.0. The molecular weight excluding hydrogens is 520 g/mol. The Morgan fingerprint density at radius 1 is 0.971 bits per heavy atom. The van der Waals surface area contributed by atoms with Crippen LogP contribution in [0.5, 0.6) is 0 Å². The molecule has 2 amide bonds. The SMILES string of the molecule is CC[C@H](C)NC(=O)[C@H](Cc1ccccc1)N(Cc1cccc(Br)c1)C(=O)CSc1ccc(C)cc1. The normalized spacial score (nSPS) is 12.6. The summed E-state index contributed by atoms with van der Waals surface area (Å²) in [5, 5.41) is 3.11. The van der Waals surface area contributed by atoms with Crippen LogP contribution >= 0.6 is 27.7 Å². The zero-order chi connectivity index (χ0) is 25.2. The van der Waals surface area contributed by atoms with Gasteiger partial charge in [-0.3, -0.25) is 9.59 Å². The van der Waals surface area contributed by atoms with Crippen molar-refractivity contribution >= 4 is 39.5 Å². The number of hydrogen-bond donors (Lipinski definition) is 1. The largest absolute Gasteiger partial charge is 0.352 e. The first-order valence-electron chi connectivity index (χ1n) is 11.9. The van der Waals surface area contributed by atoms with Gasteiger partial charge < -0.3 is 10.2 Å². The van der Waals surface area contributed by atoms with Crippen molar-refractivity contribution in [1.29, 1.82) is 0 Å². The lowest BCUT2D eigenvalue weighted by molar-refractivity contribution is -0.139. The number of nitrogens with one attached hydrogen (secondary N) is 1. The molecule has 0 unspecified atom stereocenters. The third kappa shape index (κ3) is 8.55. The lowest BCUT2D eigenvalue weighted by Gasteiger charge is -2.32. The zero-order valence-electron chi connectivity index (χ0n) is 20.5. The summed E-state index contributed by atoms with van der Waals surface area (Å²) >= 11 is 5.03. The smallest absolute Gasteiger partial charge is 0.243 e. The van der Waals surface area contributed by atoms with Gasteiger partial charge in [0.15, 0.2) is 0 Å². The predicted molar refractivity (Wildman–Crippen MR) is 148 cm³/mol. The van der Waals surface area contributed by atoms with Gasteiger partial charge in [-0.05, 0) is 55.7 Å². The van der Waals surface area contributed by atoms with E-state index in [0.29, 0.717) is 13.0 Å². The summed E-state index contributed by atoms with van der Waals surface area (Å²) in [6.07, 6.45) is 1.28. The Labute approximate surface area is 221 Å². The summed E-state index contributed by atoms with van der Waals surface area (Å²) in [7, 11) is 0. The van der Waals surface area contributed by atoms with Crippen LogP contribution in [0.2, 0.25) is 0 Å². The molecule has 0 bridgehead atoms. The third-order valence-electron chi connectivity index (χ3n) is 5.90. The Morgan fingerprint density at radius 2 is 1.66 bits per heavy atom. The minimum atomic E-state index is -0.614. The van der Waals surface area contributed by atoms with Gasteiger partial charge in [-0.15, -0.1) is 11.8 Å². The molecule has 0 aliphatic carbocycles. The molecule has 0 spiro atoms. The molecule has 0 saturated carbocycles. The predicted octanol–water partition coefficient (Wildman–Crippen LogP) is 6.40. The van der Waals surface area contributed by atoms with Gasteiger partial charge in [-0.1, -0.05) is 83.0 Å². The minimum absolute atomic E-state index is 0.0329. The number of thioether (sulfide) groups is 1. The molecule has 3 aromatic carbocycles. The highest BCUT2D eigenvalue weighted by Gasteiger charge is 2.31. The number of aryl methyl sites for hydroxylation is 1. The first-order chi connectivity index (χ1) is 16.9. The van der Waals surface area contributed by atoms with Crippen molar-refractivity contribution in [2.45, 2.75) is 57.1 Å². The van der Waals surface area contributed by atoms with Gasteiger partial charge in [0, 0.05) is 28.4 Å². The Bertz CT molecular complexity index is 1110. The summed E-state index contributed by atoms with van der Waals surface area (Å²) < 4.78 is 0.945. The summed E-state index contributed by atoms with van der Waals surface area (Å²) in [5.74, 6) is 0.0848. The quantitative estimate of drug-likeness (QED) is 0.280. The number of hydrogen-bond acceptors (Lipinski definition) is 3.